The third-order valence-electron chi connectivity index (χ3n) is 5.55. The SMILES string of the molecule is CC(C)OCCCNC(=O)[C@H](C)C(=O)N[C@H]1C(=O)N(C)c2ccccc2-c2ccccc21. The molecule has 0 bridgehead atoms. The van der Waals surface area contributed by atoms with Crippen molar-refractivity contribution in [2.45, 2.75) is 39.3 Å². The first-order valence-electron chi connectivity index (χ1n) is 11.0. The molecule has 3 amide bonds. The van der Waals surface area contributed by atoms with Gasteiger partial charge in [-0.2, -0.15) is 0 Å². The molecule has 2 aromatic rings. The molecule has 1 aliphatic rings. The van der Waals surface area contributed by atoms with Crippen molar-refractivity contribution in [3.05, 3.63) is 54.1 Å². The third-order valence-corrected chi connectivity index (χ3v) is 5.55. The van der Waals surface area contributed by atoms with Gasteiger partial charge >= 0.3 is 0 Å². The molecule has 0 aromatic heterocycles. The summed E-state index contributed by atoms with van der Waals surface area (Å²) in [6, 6.07) is 14.3. The minimum atomic E-state index is -0.933. The zero-order chi connectivity index (χ0) is 23.3. The first-order valence-corrected chi connectivity index (χ1v) is 11.0. The molecule has 2 aromatic carbocycles. The summed E-state index contributed by atoms with van der Waals surface area (Å²) >= 11 is 0. The van der Waals surface area contributed by atoms with Crippen LogP contribution in [0.25, 0.3) is 11.1 Å². The number of carbonyl (C=O) groups excluding carboxylic acids is 3. The summed E-state index contributed by atoms with van der Waals surface area (Å²) in [4.78, 5) is 40.2. The number of benzene rings is 2. The Morgan fingerprint density at radius 3 is 2.38 bits per heavy atom. The lowest BCUT2D eigenvalue weighted by atomic mass is 9.95. The Labute approximate surface area is 189 Å². The van der Waals surface area contributed by atoms with E-state index in [9.17, 15) is 14.4 Å². The summed E-state index contributed by atoms with van der Waals surface area (Å²) in [6.07, 6.45) is 0.801. The maximum Gasteiger partial charge on any atom is 0.253 e. The van der Waals surface area contributed by atoms with Crippen LogP contribution in [0.2, 0.25) is 0 Å². The number of fused-ring (bicyclic) bond motifs is 3. The highest BCUT2D eigenvalue weighted by atomic mass is 16.5. The highest BCUT2D eigenvalue weighted by Crippen LogP contribution is 2.39. The molecule has 2 atom stereocenters. The molecule has 0 aliphatic carbocycles. The predicted octanol–water partition coefficient (Wildman–Crippen LogP) is 3.05. The highest BCUT2D eigenvalue weighted by Gasteiger charge is 2.34. The van der Waals surface area contributed by atoms with Gasteiger partial charge < -0.3 is 20.3 Å². The average molecular weight is 438 g/mol. The Hall–Kier alpha value is -3.19. The molecule has 7 heteroatoms. The third kappa shape index (κ3) is 5.16. The van der Waals surface area contributed by atoms with Crippen LogP contribution in [0.15, 0.2) is 48.5 Å². The van der Waals surface area contributed by atoms with Gasteiger partial charge in [0.05, 0.1) is 11.8 Å². The minimum absolute atomic E-state index is 0.139. The van der Waals surface area contributed by atoms with E-state index in [1.807, 2.05) is 62.4 Å². The van der Waals surface area contributed by atoms with Crippen LogP contribution in [-0.2, 0) is 19.1 Å². The van der Waals surface area contributed by atoms with E-state index in [-0.39, 0.29) is 17.9 Å². The zero-order valence-electron chi connectivity index (χ0n) is 19.1. The lowest BCUT2D eigenvalue weighted by molar-refractivity contribution is -0.136. The van der Waals surface area contributed by atoms with Crippen molar-refractivity contribution in [1.82, 2.24) is 10.6 Å². The Morgan fingerprint density at radius 1 is 1.00 bits per heavy atom. The molecule has 7 nitrogen and oxygen atoms in total. The largest absolute Gasteiger partial charge is 0.379 e. The zero-order valence-corrected chi connectivity index (χ0v) is 19.1. The van der Waals surface area contributed by atoms with E-state index < -0.39 is 17.9 Å². The fraction of sp³-hybridized carbons (Fsp3) is 0.400. The second kappa shape index (κ2) is 10.4. The number of para-hydroxylation sites is 1. The smallest absolute Gasteiger partial charge is 0.253 e. The van der Waals surface area contributed by atoms with Crippen molar-refractivity contribution in [2.24, 2.45) is 5.92 Å². The number of hydrogen-bond acceptors (Lipinski definition) is 4. The minimum Gasteiger partial charge on any atom is -0.379 e. The van der Waals surface area contributed by atoms with E-state index in [0.717, 1.165) is 16.8 Å². The summed E-state index contributed by atoms with van der Waals surface area (Å²) in [5.41, 5.74) is 3.29. The van der Waals surface area contributed by atoms with Crippen molar-refractivity contribution < 1.29 is 19.1 Å². The first-order chi connectivity index (χ1) is 15.3. The van der Waals surface area contributed by atoms with E-state index in [4.69, 9.17) is 4.74 Å². The molecule has 3 rings (SSSR count). The maximum atomic E-state index is 13.3. The van der Waals surface area contributed by atoms with Gasteiger partial charge in [0.2, 0.25) is 11.8 Å². The van der Waals surface area contributed by atoms with Crippen LogP contribution in [0.4, 0.5) is 5.69 Å². The standard InChI is InChI=1S/C25H31N3O4/c1-16(2)32-15-9-14-26-23(29)17(3)24(30)27-22-20-12-6-5-10-18(20)19-11-7-8-13-21(19)28(4)25(22)31/h5-8,10-13,16-17,22H,9,14-15H2,1-4H3,(H,26,29)(H,27,30)/t17-,22+/m0/s1. The molecule has 0 radical (unpaired) electrons. The van der Waals surface area contributed by atoms with Crippen LogP contribution in [-0.4, -0.2) is 44.0 Å². The number of amides is 3. The number of hydrogen-bond donors (Lipinski definition) is 2. The van der Waals surface area contributed by atoms with Gasteiger partial charge in [-0.05, 0) is 44.4 Å². The Balaban J connectivity index is 1.73. The second-order valence-electron chi connectivity index (χ2n) is 8.23. The maximum absolute atomic E-state index is 13.3. The number of likely N-dealkylation sites (N-methyl/N-ethyl adjacent to an activating group) is 1. The number of nitrogens with one attached hydrogen (secondary N) is 2. The fourth-order valence-corrected chi connectivity index (χ4v) is 3.71. The van der Waals surface area contributed by atoms with E-state index in [0.29, 0.717) is 25.1 Å². The van der Waals surface area contributed by atoms with Crippen molar-refractivity contribution in [3.63, 3.8) is 0 Å². The summed E-state index contributed by atoms with van der Waals surface area (Å²) in [6.45, 7) is 6.41. The van der Waals surface area contributed by atoms with Crippen molar-refractivity contribution in [3.8, 4) is 11.1 Å². The van der Waals surface area contributed by atoms with Gasteiger partial charge in [-0.25, -0.2) is 0 Å². The number of rotatable bonds is 8. The van der Waals surface area contributed by atoms with E-state index in [2.05, 4.69) is 10.6 Å². The van der Waals surface area contributed by atoms with Gasteiger partial charge in [0.1, 0.15) is 12.0 Å². The fourth-order valence-electron chi connectivity index (χ4n) is 3.71. The summed E-state index contributed by atoms with van der Waals surface area (Å²) in [5.74, 6) is -2.06. The molecular weight excluding hydrogens is 406 g/mol. The quantitative estimate of drug-likeness (QED) is 0.491. The van der Waals surface area contributed by atoms with E-state index >= 15 is 0 Å². The van der Waals surface area contributed by atoms with Gasteiger partial charge in [-0.1, -0.05) is 42.5 Å². The summed E-state index contributed by atoms with van der Waals surface area (Å²) in [7, 11) is 1.70. The van der Waals surface area contributed by atoms with Crippen molar-refractivity contribution in [2.75, 3.05) is 25.1 Å². The number of carbonyl (C=O) groups is 3. The van der Waals surface area contributed by atoms with Crippen LogP contribution in [0.5, 0.6) is 0 Å². The molecule has 2 N–H and O–H groups in total. The Kier molecular flexibility index (Phi) is 7.64. The molecule has 170 valence electrons. The Bertz CT molecular complexity index is 989. The number of ether oxygens (including phenoxy) is 1. The van der Waals surface area contributed by atoms with Crippen LogP contribution < -0.4 is 15.5 Å². The molecule has 32 heavy (non-hydrogen) atoms. The molecule has 0 fully saturated rings. The van der Waals surface area contributed by atoms with Gasteiger partial charge in [0.25, 0.3) is 5.91 Å². The van der Waals surface area contributed by atoms with Crippen molar-refractivity contribution >= 4 is 23.4 Å². The lowest BCUT2D eigenvalue weighted by Gasteiger charge is -2.24. The Morgan fingerprint density at radius 2 is 1.66 bits per heavy atom. The molecule has 1 aliphatic heterocycles. The number of anilines is 1. The summed E-state index contributed by atoms with van der Waals surface area (Å²) < 4.78 is 5.45. The molecular formula is C25H31N3O4. The second-order valence-corrected chi connectivity index (χ2v) is 8.23. The molecule has 0 spiro atoms. The van der Waals surface area contributed by atoms with Gasteiger partial charge in [-0.15, -0.1) is 0 Å². The lowest BCUT2D eigenvalue weighted by Crippen LogP contribution is -2.46. The van der Waals surface area contributed by atoms with Crippen LogP contribution in [0.1, 0.15) is 38.8 Å². The van der Waals surface area contributed by atoms with Crippen molar-refractivity contribution in [1.29, 1.82) is 0 Å². The normalized spacial score (nSPS) is 16.1. The molecule has 0 saturated carbocycles. The summed E-state index contributed by atoms with van der Waals surface area (Å²) in [5, 5.41) is 5.58. The van der Waals surface area contributed by atoms with Crippen LogP contribution in [0.3, 0.4) is 0 Å². The van der Waals surface area contributed by atoms with Gasteiger partial charge in [-0.3, -0.25) is 14.4 Å². The average Bonchev–Trinajstić information content (AvgIpc) is 2.88. The topological polar surface area (TPSA) is 87.7 Å². The van der Waals surface area contributed by atoms with Crippen LogP contribution >= 0.6 is 0 Å². The molecule has 0 unspecified atom stereocenters. The van der Waals surface area contributed by atoms with Crippen LogP contribution in [0, 0.1) is 5.92 Å². The first kappa shape index (κ1) is 23.5. The molecule has 1 heterocycles. The predicted molar refractivity (Wildman–Crippen MR) is 124 cm³/mol. The highest BCUT2D eigenvalue weighted by molar-refractivity contribution is 6.07. The van der Waals surface area contributed by atoms with E-state index in [1.165, 1.54) is 0 Å². The van der Waals surface area contributed by atoms with Gasteiger partial charge in [0.15, 0.2) is 0 Å². The molecule has 0 saturated heterocycles. The monoisotopic (exact) mass is 437 g/mol. The van der Waals surface area contributed by atoms with E-state index in [1.54, 1.807) is 18.9 Å². The number of nitrogens with zero attached hydrogens (tertiary/aromatic N) is 1. The van der Waals surface area contributed by atoms with Gasteiger partial charge in [0, 0.05) is 25.8 Å².